The molecule has 0 bridgehead atoms. The topological polar surface area (TPSA) is 24.4 Å². The van der Waals surface area contributed by atoms with E-state index in [1.54, 1.807) is 0 Å². The monoisotopic (exact) mass is 354 g/mol. The van der Waals surface area contributed by atoms with Crippen molar-refractivity contribution in [2.24, 2.45) is 22.7 Å². The van der Waals surface area contributed by atoms with Gasteiger partial charge in [0.2, 0.25) is 0 Å². The molecule has 25 heavy (non-hydrogen) atoms. The average molecular weight is 354 g/mol. The molecule has 0 amide bonds. The van der Waals surface area contributed by atoms with Crippen LogP contribution in [0.2, 0.25) is 0 Å². The van der Waals surface area contributed by atoms with Gasteiger partial charge < -0.3 is 0 Å². The molecule has 0 saturated carbocycles. The van der Waals surface area contributed by atoms with Crippen molar-refractivity contribution in [1.29, 1.82) is 0 Å². The van der Waals surface area contributed by atoms with Gasteiger partial charge in [-0.3, -0.25) is 0 Å². The molecule has 3 unspecified atom stereocenters. The molecule has 0 saturated heterocycles. The van der Waals surface area contributed by atoms with E-state index in [1.165, 1.54) is 16.6 Å². The van der Waals surface area contributed by atoms with Gasteiger partial charge in [0.1, 0.15) is 0 Å². The van der Waals surface area contributed by atoms with Gasteiger partial charge in [0.15, 0.2) is 0 Å². The molecular formula is C21H31BN2S. The van der Waals surface area contributed by atoms with Crippen LogP contribution in [-0.2, 0) is 0 Å². The third-order valence-electron chi connectivity index (χ3n) is 5.42. The Bertz CT molecular complexity index is 642. The van der Waals surface area contributed by atoms with Crippen molar-refractivity contribution in [3.05, 3.63) is 48.2 Å². The third kappa shape index (κ3) is 4.87. The molecule has 2 aliphatic rings. The SMILES string of the molecule is B=C1CC(CCNC2=NC(=C)C(C(C)C(C)C)S2)C(/C=C\C=C)=C1C. The van der Waals surface area contributed by atoms with Crippen molar-refractivity contribution in [3.8, 4) is 0 Å². The Labute approximate surface area is 158 Å². The number of aliphatic imine (C=N–C) groups is 1. The maximum absolute atomic E-state index is 4.65. The Morgan fingerprint density at radius 3 is 2.76 bits per heavy atom. The normalized spacial score (nSPS) is 25.2. The van der Waals surface area contributed by atoms with Gasteiger partial charge >= 0.3 is 159 Å². The second kappa shape index (κ2) is 8.89. The van der Waals surface area contributed by atoms with E-state index in [1.807, 2.05) is 23.9 Å². The zero-order chi connectivity index (χ0) is 18.6. The maximum atomic E-state index is 4.65. The standard InChI is InChI=1S/C21H31BN2S/c1-7-8-9-18-15(5)19(22)12-17(18)10-11-23-21-24-16(6)20(25-21)14(4)13(2)3/h7-9,13-14,17,20,22H,1,6,10-12H2,2-5H3,(H,23,24)/b9-8-. The summed E-state index contributed by atoms with van der Waals surface area (Å²) in [5.74, 6) is 1.76. The Morgan fingerprint density at radius 2 is 2.12 bits per heavy atom. The summed E-state index contributed by atoms with van der Waals surface area (Å²) >= 11 is 1.84. The van der Waals surface area contributed by atoms with Crippen molar-refractivity contribution < 1.29 is 0 Å². The fourth-order valence-electron chi connectivity index (χ4n) is 3.36. The van der Waals surface area contributed by atoms with Crippen molar-refractivity contribution in [2.45, 2.75) is 45.8 Å². The number of nitrogens with zero attached hydrogens (tertiary/aromatic N) is 1. The van der Waals surface area contributed by atoms with Crippen molar-refractivity contribution >= 4 is 29.9 Å². The molecule has 0 radical (unpaired) electrons. The van der Waals surface area contributed by atoms with Crippen LogP contribution in [0.4, 0.5) is 0 Å². The molecule has 3 atom stereocenters. The average Bonchev–Trinajstić information content (AvgIpc) is 3.05. The second-order valence-electron chi connectivity index (χ2n) is 7.45. The first-order valence-electron chi connectivity index (χ1n) is 9.21. The van der Waals surface area contributed by atoms with Gasteiger partial charge in [-0.15, -0.1) is 0 Å². The number of rotatable bonds is 7. The Balaban J connectivity index is 1.88. The molecule has 0 aromatic rings. The van der Waals surface area contributed by atoms with Crippen molar-refractivity contribution in [3.63, 3.8) is 0 Å². The van der Waals surface area contributed by atoms with Crippen LogP contribution < -0.4 is 5.32 Å². The van der Waals surface area contributed by atoms with Gasteiger partial charge in [-0.1, -0.05) is 0 Å². The number of hydrogen-bond donors (Lipinski definition) is 1. The third-order valence-corrected chi connectivity index (χ3v) is 6.83. The van der Waals surface area contributed by atoms with E-state index >= 15 is 0 Å². The number of hydrogen-bond acceptors (Lipinski definition) is 3. The zero-order valence-electron chi connectivity index (χ0n) is 16.1. The summed E-state index contributed by atoms with van der Waals surface area (Å²) in [6.45, 7) is 17.9. The summed E-state index contributed by atoms with van der Waals surface area (Å²) in [5.41, 5.74) is 5.02. The minimum atomic E-state index is 0.405. The summed E-state index contributed by atoms with van der Waals surface area (Å²) in [4.78, 5) is 4.65. The van der Waals surface area contributed by atoms with Gasteiger partial charge in [0.05, 0.1) is 0 Å². The molecule has 0 fully saturated rings. The number of nitrogens with one attached hydrogen (secondary N) is 1. The second-order valence-corrected chi connectivity index (χ2v) is 8.58. The summed E-state index contributed by atoms with van der Waals surface area (Å²) in [7, 11) is 4.21. The molecular weight excluding hydrogens is 323 g/mol. The molecule has 0 spiro atoms. The molecule has 1 aliphatic carbocycles. The van der Waals surface area contributed by atoms with Crippen molar-refractivity contribution in [2.75, 3.05) is 6.54 Å². The molecule has 2 nitrogen and oxygen atoms in total. The molecule has 2 rings (SSSR count). The quantitative estimate of drug-likeness (QED) is 0.541. The van der Waals surface area contributed by atoms with Gasteiger partial charge in [-0.05, 0) is 0 Å². The van der Waals surface area contributed by atoms with Crippen LogP contribution in [0.1, 0.15) is 40.5 Å². The van der Waals surface area contributed by atoms with Crippen molar-refractivity contribution in [1.82, 2.24) is 5.32 Å². The van der Waals surface area contributed by atoms with E-state index in [0.29, 0.717) is 23.0 Å². The summed E-state index contributed by atoms with van der Waals surface area (Å²) in [6.07, 6.45) is 8.20. The minimum absolute atomic E-state index is 0.405. The predicted molar refractivity (Wildman–Crippen MR) is 117 cm³/mol. The van der Waals surface area contributed by atoms with Crippen LogP contribution >= 0.6 is 11.8 Å². The molecule has 4 heteroatoms. The van der Waals surface area contributed by atoms with E-state index in [0.717, 1.165) is 30.3 Å². The molecule has 1 heterocycles. The van der Waals surface area contributed by atoms with E-state index in [2.05, 4.69) is 64.7 Å². The Kier molecular flexibility index (Phi) is 7.12. The van der Waals surface area contributed by atoms with Gasteiger partial charge in [-0.2, -0.15) is 0 Å². The molecule has 134 valence electrons. The van der Waals surface area contributed by atoms with Crippen LogP contribution in [0.15, 0.2) is 53.2 Å². The van der Waals surface area contributed by atoms with Crippen LogP contribution in [-0.4, -0.2) is 29.9 Å². The van der Waals surface area contributed by atoms with E-state index < -0.39 is 0 Å². The fraction of sp³-hybridized carbons (Fsp3) is 0.524. The number of amidine groups is 1. The van der Waals surface area contributed by atoms with Crippen LogP contribution in [0.25, 0.3) is 0 Å². The van der Waals surface area contributed by atoms with E-state index in [4.69, 9.17) is 0 Å². The molecule has 0 aromatic carbocycles. The summed E-state index contributed by atoms with van der Waals surface area (Å²) < 4.78 is 0. The van der Waals surface area contributed by atoms with E-state index in [-0.39, 0.29) is 0 Å². The van der Waals surface area contributed by atoms with Crippen LogP contribution in [0.5, 0.6) is 0 Å². The predicted octanol–water partition coefficient (Wildman–Crippen LogP) is 4.40. The first-order valence-corrected chi connectivity index (χ1v) is 10.1. The first-order chi connectivity index (χ1) is 11.8. The molecule has 0 aromatic heterocycles. The summed E-state index contributed by atoms with van der Waals surface area (Å²) in [5, 5.41) is 4.96. The Morgan fingerprint density at radius 1 is 1.40 bits per heavy atom. The molecule has 1 aliphatic heterocycles. The first kappa shape index (κ1) is 20.0. The Hall–Kier alpha value is -1.29. The van der Waals surface area contributed by atoms with Crippen LogP contribution in [0.3, 0.4) is 0 Å². The number of allylic oxidation sites excluding steroid dienone is 5. The number of thioether (sulfide) groups is 1. The summed E-state index contributed by atoms with van der Waals surface area (Å²) in [6, 6.07) is 0. The molecule has 1 N–H and O–H groups in total. The van der Waals surface area contributed by atoms with Crippen LogP contribution in [0, 0.1) is 17.8 Å². The van der Waals surface area contributed by atoms with E-state index in [9.17, 15) is 0 Å². The zero-order valence-corrected chi connectivity index (χ0v) is 17.0. The van der Waals surface area contributed by atoms with Gasteiger partial charge in [0, 0.05) is 0 Å². The fourth-order valence-corrected chi connectivity index (χ4v) is 4.68. The van der Waals surface area contributed by atoms with Gasteiger partial charge in [0.25, 0.3) is 0 Å². The van der Waals surface area contributed by atoms with Gasteiger partial charge in [-0.25, -0.2) is 0 Å².